The summed E-state index contributed by atoms with van der Waals surface area (Å²) >= 11 is 0. The molecule has 0 fully saturated rings. The van der Waals surface area contributed by atoms with Gasteiger partial charge in [0.2, 0.25) is 26.0 Å². The van der Waals surface area contributed by atoms with Crippen molar-refractivity contribution in [3.63, 3.8) is 0 Å². The smallest absolute Gasteiger partial charge is 0.240 e. The minimum Gasteiger partial charge on any atom is -0.352 e. The van der Waals surface area contributed by atoms with E-state index in [9.17, 15) is 26.0 Å². The summed E-state index contributed by atoms with van der Waals surface area (Å²) < 4.78 is 61.7. The van der Waals surface area contributed by atoms with Crippen molar-refractivity contribution >= 4 is 26.0 Å². The molecule has 0 bridgehead atoms. The van der Waals surface area contributed by atoms with E-state index in [-0.39, 0.29) is 29.3 Å². The molecule has 8 nitrogen and oxygen atoms in total. The number of halogens is 1. The number of benzene rings is 2. The second kappa shape index (κ2) is 8.57. The fraction of sp³-hybridized carbons (Fsp3) is 0.188. The monoisotopic (exact) mass is 415 g/mol. The van der Waals surface area contributed by atoms with Gasteiger partial charge in [0.15, 0.2) is 0 Å². The first kappa shape index (κ1) is 21.0. The van der Waals surface area contributed by atoms with Crippen LogP contribution in [0.5, 0.6) is 0 Å². The lowest BCUT2D eigenvalue weighted by molar-refractivity contribution is -0.121. The van der Waals surface area contributed by atoms with Crippen LogP contribution in [-0.4, -0.2) is 29.3 Å². The maximum Gasteiger partial charge on any atom is 0.240 e. The van der Waals surface area contributed by atoms with Crippen LogP contribution in [0.3, 0.4) is 0 Å². The molecule has 0 unspecified atom stereocenters. The molecule has 146 valence electrons. The van der Waals surface area contributed by atoms with Crippen LogP contribution >= 0.6 is 0 Å². The molecule has 0 radical (unpaired) electrons. The molecule has 0 saturated carbocycles. The van der Waals surface area contributed by atoms with Gasteiger partial charge in [-0.05, 0) is 42.0 Å². The Morgan fingerprint density at radius 1 is 1.00 bits per heavy atom. The molecular weight excluding hydrogens is 397 g/mol. The van der Waals surface area contributed by atoms with Crippen LogP contribution in [0.25, 0.3) is 0 Å². The minimum atomic E-state index is -3.84. The van der Waals surface area contributed by atoms with Crippen molar-refractivity contribution in [1.82, 2.24) is 10.0 Å². The number of rotatable bonds is 8. The molecule has 11 heteroatoms. The van der Waals surface area contributed by atoms with E-state index in [1.807, 2.05) is 0 Å². The van der Waals surface area contributed by atoms with Gasteiger partial charge in [-0.1, -0.05) is 12.1 Å². The fourth-order valence-corrected chi connectivity index (χ4v) is 3.73. The topological polar surface area (TPSA) is 135 Å². The highest BCUT2D eigenvalue weighted by molar-refractivity contribution is 7.89. The Kier molecular flexibility index (Phi) is 6.65. The predicted molar refractivity (Wildman–Crippen MR) is 95.9 cm³/mol. The second-order valence-corrected chi connectivity index (χ2v) is 8.90. The van der Waals surface area contributed by atoms with Crippen molar-refractivity contribution in [2.24, 2.45) is 5.14 Å². The molecular formula is C16H18FN3O5S2. The summed E-state index contributed by atoms with van der Waals surface area (Å²) in [6.45, 7) is -0.0876. The van der Waals surface area contributed by atoms with Crippen LogP contribution in [0.1, 0.15) is 12.0 Å². The van der Waals surface area contributed by atoms with E-state index in [0.29, 0.717) is 5.56 Å². The zero-order chi connectivity index (χ0) is 20.1. The Balaban J connectivity index is 1.84. The molecule has 2 rings (SSSR count). The van der Waals surface area contributed by atoms with Crippen molar-refractivity contribution < 1.29 is 26.0 Å². The Hall–Kier alpha value is -2.34. The molecule has 4 N–H and O–H groups in total. The molecule has 2 aromatic carbocycles. The average molecular weight is 415 g/mol. The molecule has 0 spiro atoms. The van der Waals surface area contributed by atoms with Crippen molar-refractivity contribution in [2.75, 3.05) is 6.54 Å². The summed E-state index contributed by atoms with van der Waals surface area (Å²) in [5.74, 6) is -0.988. The van der Waals surface area contributed by atoms with E-state index in [1.54, 1.807) is 6.07 Å². The van der Waals surface area contributed by atoms with E-state index in [0.717, 1.165) is 24.3 Å². The van der Waals surface area contributed by atoms with E-state index >= 15 is 0 Å². The van der Waals surface area contributed by atoms with Crippen molar-refractivity contribution in [2.45, 2.75) is 22.8 Å². The van der Waals surface area contributed by atoms with Gasteiger partial charge in [-0.2, -0.15) is 0 Å². The summed E-state index contributed by atoms with van der Waals surface area (Å²) in [6.07, 6.45) is -0.130. The van der Waals surface area contributed by atoms with Crippen LogP contribution in [0.4, 0.5) is 4.39 Å². The molecule has 0 aliphatic rings. The minimum absolute atomic E-state index is 0.0624. The maximum absolute atomic E-state index is 12.8. The summed E-state index contributed by atoms with van der Waals surface area (Å²) in [7, 11) is -7.68. The molecule has 0 heterocycles. The summed E-state index contributed by atoms with van der Waals surface area (Å²) in [4.78, 5) is 11.7. The number of primary sulfonamides is 1. The SMILES string of the molecule is NS(=O)(=O)c1cccc(CNC(=O)CCNS(=O)(=O)c2ccc(F)cc2)c1. The van der Waals surface area contributed by atoms with E-state index in [2.05, 4.69) is 10.0 Å². The van der Waals surface area contributed by atoms with Crippen LogP contribution in [0.15, 0.2) is 58.3 Å². The van der Waals surface area contributed by atoms with Gasteiger partial charge in [0.05, 0.1) is 9.79 Å². The van der Waals surface area contributed by atoms with Crippen molar-refractivity contribution in [3.8, 4) is 0 Å². The lowest BCUT2D eigenvalue weighted by atomic mass is 10.2. The lowest BCUT2D eigenvalue weighted by Gasteiger charge is -2.08. The zero-order valence-corrected chi connectivity index (χ0v) is 15.7. The average Bonchev–Trinajstić information content (AvgIpc) is 2.60. The number of amides is 1. The number of carbonyl (C=O) groups is 1. The first-order valence-corrected chi connectivity index (χ1v) is 10.7. The molecule has 0 saturated heterocycles. The van der Waals surface area contributed by atoms with Gasteiger partial charge in [-0.25, -0.2) is 31.1 Å². The molecule has 2 aromatic rings. The third-order valence-corrected chi connectivity index (χ3v) is 5.87. The van der Waals surface area contributed by atoms with Crippen LogP contribution in [0.2, 0.25) is 0 Å². The van der Waals surface area contributed by atoms with Crippen LogP contribution in [0, 0.1) is 5.82 Å². The van der Waals surface area contributed by atoms with E-state index < -0.39 is 31.8 Å². The first-order chi connectivity index (χ1) is 12.6. The van der Waals surface area contributed by atoms with Gasteiger partial charge < -0.3 is 5.32 Å². The molecule has 0 aliphatic heterocycles. The third kappa shape index (κ3) is 6.40. The van der Waals surface area contributed by atoms with Gasteiger partial charge in [0, 0.05) is 19.5 Å². The largest absolute Gasteiger partial charge is 0.352 e. The van der Waals surface area contributed by atoms with E-state index in [4.69, 9.17) is 5.14 Å². The van der Waals surface area contributed by atoms with Crippen molar-refractivity contribution in [3.05, 3.63) is 59.9 Å². The maximum atomic E-state index is 12.8. The van der Waals surface area contributed by atoms with Gasteiger partial charge in [0.25, 0.3) is 0 Å². The number of nitrogens with two attached hydrogens (primary N) is 1. The lowest BCUT2D eigenvalue weighted by Crippen LogP contribution is -2.30. The van der Waals surface area contributed by atoms with Crippen LogP contribution < -0.4 is 15.2 Å². The molecule has 27 heavy (non-hydrogen) atoms. The molecule has 1 amide bonds. The summed E-state index contributed by atoms with van der Waals surface area (Å²) in [6, 6.07) is 10.1. The Labute approximate surface area is 156 Å². The highest BCUT2D eigenvalue weighted by atomic mass is 32.2. The van der Waals surface area contributed by atoms with Gasteiger partial charge in [-0.15, -0.1) is 0 Å². The predicted octanol–water partition coefficient (Wildman–Crippen LogP) is 0.458. The van der Waals surface area contributed by atoms with Crippen molar-refractivity contribution in [1.29, 1.82) is 0 Å². The number of sulfonamides is 2. The standard InChI is InChI=1S/C16H18FN3O5S2/c17-13-4-6-14(7-5-13)27(24,25)20-9-8-16(21)19-11-12-2-1-3-15(10-12)26(18,22)23/h1-7,10,20H,8-9,11H2,(H,19,21)(H2,18,22,23). The fourth-order valence-electron chi connectivity index (χ4n) is 2.12. The molecule has 0 atom stereocenters. The number of carbonyl (C=O) groups excluding carboxylic acids is 1. The Bertz CT molecular complexity index is 1020. The van der Waals surface area contributed by atoms with E-state index in [1.165, 1.54) is 18.2 Å². The Morgan fingerprint density at radius 2 is 1.67 bits per heavy atom. The number of nitrogens with one attached hydrogen (secondary N) is 2. The molecule has 0 aliphatic carbocycles. The quantitative estimate of drug-likeness (QED) is 0.575. The zero-order valence-electron chi connectivity index (χ0n) is 14.1. The molecule has 0 aromatic heterocycles. The number of hydrogen-bond donors (Lipinski definition) is 3. The normalized spacial score (nSPS) is 11.9. The highest BCUT2D eigenvalue weighted by Crippen LogP contribution is 2.10. The van der Waals surface area contributed by atoms with Gasteiger partial charge >= 0.3 is 0 Å². The summed E-state index contributed by atoms with van der Waals surface area (Å²) in [5, 5.41) is 7.60. The Morgan fingerprint density at radius 3 is 2.30 bits per heavy atom. The third-order valence-electron chi connectivity index (χ3n) is 3.48. The van der Waals surface area contributed by atoms with Gasteiger partial charge in [0.1, 0.15) is 5.82 Å². The second-order valence-electron chi connectivity index (χ2n) is 5.57. The van der Waals surface area contributed by atoms with Crippen LogP contribution in [-0.2, 0) is 31.4 Å². The number of hydrogen-bond acceptors (Lipinski definition) is 5. The summed E-state index contributed by atoms with van der Waals surface area (Å²) in [5.41, 5.74) is 0.529. The first-order valence-electron chi connectivity index (χ1n) is 7.71. The van der Waals surface area contributed by atoms with Gasteiger partial charge in [-0.3, -0.25) is 4.79 Å². The highest BCUT2D eigenvalue weighted by Gasteiger charge is 2.14.